The number of fused-ring (bicyclic) bond motifs is 3. The van der Waals surface area contributed by atoms with Crippen LogP contribution >= 0.6 is 11.6 Å². The smallest absolute Gasteiger partial charge is 0.292 e. The van der Waals surface area contributed by atoms with Crippen LogP contribution in [0.1, 0.15) is 0 Å². The minimum absolute atomic E-state index is 0.200. The Kier molecular flexibility index (Phi) is 2.59. The molecule has 4 rings (SSSR count). The number of H-pyrrole nitrogens is 1. The van der Waals surface area contributed by atoms with Crippen molar-refractivity contribution >= 4 is 28.3 Å². The predicted octanol–water partition coefficient (Wildman–Crippen LogP) is 3.50. The number of benzene rings is 2. The molecule has 0 aliphatic heterocycles. The van der Waals surface area contributed by atoms with E-state index in [-0.39, 0.29) is 5.56 Å². The zero-order chi connectivity index (χ0) is 14.4. The van der Waals surface area contributed by atoms with Crippen molar-refractivity contribution in [3.8, 4) is 11.3 Å². The van der Waals surface area contributed by atoms with Crippen molar-refractivity contribution in [3.05, 3.63) is 70.1 Å². The van der Waals surface area contributed by atoms with Gasteiger partial charge in [0.1, 0.15) is 0 Å². The van der Waals surface area contributed by atoms with Gasteiger partial charge in [-0.3, -0.25) is 9.20 Å². The number of hydrogen-bond acceptors (Lipinski definition) is 2. The van der Waals surface area contributed by atoms with Gasteiger partial charge in [-0.05, 0) is 24.3 Å². The summed E-state index contributed by atoms with van der Waals surface area (Å²) in [6.45, 7) is 0. The Morgan fingerprint density at radius 1 is 1.05 bits per heavy atom. The summed E-state index contributed by atoms with van der Waals surface area (Å²) in [6, 6.07) is 15.0. The van der Waals surface area contributed by atoms with E-state index >= 15 is 0 Å². The first-order valence-corrected chi connectivity index (χ1v) is 6.86. The number of imidazole rings is 1. The van der Waals surface area contributed by atoms with Crippen LogP contribution < -0.4 is 5.56 Å². The Morgan fingerprint density at radius 3 is 2.62 bits per heavy atom. The van der Waals surface area contributed by atoms with E-state index in [2.05, 4.69) is 9.97 Å². The largest absolute Gasteiger partial charge is 0.317 e. The van der Waals surface area contributed by atoms with E-state index in [0.717, 1.165) is 22.3 Å². The molecule has 0 saturated carbocycles. The summed E-state index contributed by atoms with van der Waals surface area (Å²) in [5, 5.41) is 0.672. The maximum atomic E-state index is 12.1. The van der Waals surface area contributed by atoms with Gasteiger partial charge in [0.05, 0.1) is 16.7 Å². The molecule has 4 aromatic rings. The van der Waals surface area contributed by atoms with Crippen LogP contribution in [-0.4, -0.2) is 14.4 Å². The van der Waals surface area contributed by atoms with Gasteiger partial charge in [0.25, 0.3) is 5.56 Å². The van der Waals surface area contributed by atoms with Gasteiger partial charge in [0.2, 0.25) is 5.65 Å². The summed E-state index contributed by atoms with van der Waals surface area (Å²) >= 11 is 5.90. The molecule has 0 aliphatic carbocycles. The van der Waals surface area contributed by atoms with Gasteiger partial charge in [-0.1, -0.05) is 35.9 Å². The summed E-state index contributed by atoms with van der Waals surface area (Å²) in [6.07, 6.45) is 1.87. The van der Waals surface area contributed by atoms with Crippen LogP contribution in [0.3, 0.4) is 0 Å². The summed E-state index contributed by atoms with van der Waals surface area (Å²) in [7, 11) is 0. The van der Waals surface area contributed by atoms with Crippen molar-refractivity contribution in [1.82, 2.24) is 14.4 Å². The van der Waals surface area contributed by atoms with Gasteiger partial charge in [0, 0.05) is 16.8 Å². The minimum atomic E-state index is -0.200. The molecule has 0 unspecified atom stereocenters. The van der Waals surface area contributed by atoms with Crippen molar-refractivity contribution in [2.24, 2.45) is 0 Å². The van der Waals surface area contributed by atoms with Crippen molar-refractivity contribution in [3.63, 3.8) is 0 Å². The third kappa shape index (κ3) is 1.92. The highest BCUT2D eigenvalue weighted by Gasteiger charge is 2.10. The molecule has 4 nitrogen and oxygen atoms in total. The van der Waals surface area contributed by atoms with Crippen molar-refractivity contribution < 1.29 is 0 Å². The zero-order valence-electron chi connectivity index (χ0n) is 10.9. The van der Waals surface area contributed by atoms with Crippen LogP contribution in [0.15, 0.2) is 59.5 Å². The predicted molar refractivity (Wildman–Crippen MR) is 83.8 cm³/mol. The van der Waals surface area contributed by atoms with Gasteiger partial charge >= 0.3 is 0 Å². The van der Waals surface area contributed by atoms with Crippen LogP contribution in [0.4, 0.5) is 0 Å². The van der Waals surface area contributed by atoms with E-state index in [1.807, 2.05) is 59.1 Å². The highest BCUT2D eigenvalue weighted by molar-refractivity contribution is 6.30. The third-order valence-corrected chi connectivity index (χ3v) is 3.71. The van der Waals surface area contributed by atoms with Crippen LogP contribution in [0, 0.1) is 0 Å². The number of para-hydroxylation sites is 2. The molecule has 2 aromatic heterocycles. The van der Waals surface area contributed by atoms with Gasteiger partial charge in [-0.2, -0.15) is 0 Å². The monoisotopic (exact) mass is 295 g/mol. The number of halogens is 1. The molecular formula is C16H10ClN3O. The molecule has 0 amide bonds. The Morgan fingerprint density at radius 2 is 1.81 bits per heavy atom. The molecule has 0 saturated heterocycles. The zero-order valence-corrected chi connectivity index (χ0v) is 11.6. The van der Waals surface area contributed by atoms with Crippen LogP contribution in [0.25, 0.3) is 27.9 Å². The summed E-state index contributed by atoms with van der Waals surface area (Å²) in [5.74, 6) is 0. The van der Waals surface area contributed by atoms with E-state index in [1.165, 1.54) is 0 Å². The van der Waals surface area contributed by atoms with E-state index in [0.29, 0.717) is 10.7 Å². The fraction of sp³-hybridized carbons (Fsp3) is 0. The third-order valence-electron chi connectivity index (χ3n) is 3.46. The second-order valence-corrected chi connectivity index (χ2v) is 5.23. The molecule has 1 N–H and O–H groups in total. The lowest BCUT2D eigenvalue weighted by atomic mass is 10.2. The molecule has 2 aromatic carbocycles. The number of hydrogen-bond donors (Lipinski definition) is 1. The molecular weight excluding hydrogens is 286 g/mol. The molecule has 0 bridgehead atoms. The number of nitrogens with one attached hydrogen (secondary N) is 1. The maximum Gasteiger partial charge on any atom is 0.292 e. The SMILES string of the molecule is O=c1[nH]c2ccccc2n2cc(-c3ccc(Cl)cc3)nc12. The summed E-state index contributed by atoms with van der Waals surface area (Å²) < 4.78 is 1.82. The number of nitrogens with zero attached hydrogens (tertiary/aromatic N) is 2. The lowest BCUT2D eigenvalue weighted by molar-refractivity contribution is 1.17. The number of rotatable bonds is 1. The van der Waals surface area contributed by atoms with Crippen LogP contribution in [0.5, 0.6) is 0 Å². The van der Waals surface area contributed by atoms with Gasteiger partial charge in [0.15, 0.2) is 0 Å². The molecule has 0 atom stereocenters. The molecule has 0 radical (unpaired) electrons. The molecule has 0 aliphatic rings. The summed E-state index contributed by atoms with van der Waals surface area (Å²) in [5.41, 5.74) is 3.56. The van der Waals surface area contributed by atoms with Crippen molar-refractivity contribution in [2.45, 2.75) is 0 Å². The minimum Gasteiger partial charge on any atom is -0.317 e. The quantitative estimate of drug-likeness (QED) is 0.584. The second kappa shape index (κ2) is 4.46. The first-order valence-electron chi connectivity index (χ1n) is 6.48. The molecule has 5 heteroatoms. The normalized spacial score (nSPS) is 11.3. The van der Waals surface area contributed by atoms with E-state index in [4.69, 9.17) is 11.6 Å². The standard InChI is InChI=1S/C16H10ClN3O/c17-11-7-5-10(6-8-11)13-9-20-14-4-2-1-3-12(14)19-16(21)15(20)18-13/h1-9H,(H,19,21). The lowest BCUT2D eigenvalue weighted by Crippen LogP contribution is -2.10. The maximum absolute atomic E-state index is 12.1. The Bertz CT molecular complexity index is 1020. The average Bonchev–Trinajstić information content (AvgIpc) is 2.94. The average molecular weight is 296 g/mol. The van der Waals surface area contributed by atoms with Gasteiger partial charge in [-0.25, -0.2) is 4.98 Å². The fourth-order valence-corrected chi connectivity index (χ4v) is 2.58. The lowest BCUT2D eigenvalue weighted by Gasteiger charge is -1.99. The molecule has 0 spiro atoms. The summed E-state index contributed by atoms with van der Waals surface area (Å²) in [4.78, 5) is 19.4. The fourth-order valence-electron chi connectivity index (χ4n) is 2.45. The molecule has 102 valence electrons. The molecule has 21 heavy (non-hydrogen) atoms. The van der Waals surface area contributed by atoms with Gasteiger partial charge in [-0.15, -0.1) is 0 Å². The molecule has 0 fully saturated rings. The van der Waals surface area contributed by atoms with E-state index in [9.17, 15) is 4.79 Å². The van der Waals surface area contributed by atoms with Gasteiger partial charge < -0.3 is 4.98 Å². The number of aromatic amines is 1. The number of aromatic nitrogens is 3. The Hall–Kier alpha value is -2.59. The second-order valence-electron chi connectivity index (χ2n) is 4.80. The first-order chi connectivity index (χ1) is 10.2. The molecule has 2 heterocycles. The topological polar surface area (TPSA) is 50.2 Å². The van der Waals surface area contributed by atoms with E-state index in [1.54, 1.807) is 0 Å². The highest BCUT2D eigenvalue weighted by Crippen LogP contribution is 2.22. The van der Waals surface area contributed by atoms with E-state index < -0.39 is 0 Å². The first kappa shape index (κ1) is 12.2. The van der Waals surface area contributed by atoms with Crippen molar-refractivity contribution in [2.75, 3.05) is 0 Å². The Balaban J connectivity index is 2.05. The Labute approximate surface area is 124 Å². The van der Waals surface area contributed by atoms with Crippen LogP contribution in [0.2, 0.25) is 5.02 Å². The highest BCUT2D eigenvalue weighted by atomic mass is 35.5. The van der Waals surface area contributed by atoms with Crippen LogP contribution in [-0.2, 0) is 0 Å². The van der Waals surface area contributed by atoms with Crippen molar-refractivity contribution in [1.29, 1.82) is 0 Å².